The maximum Gasteiger partial charge on any atom is 0.225 e. The average Bonchev–Trinajstić information content (AvgIpc) is 2.43. The topological polar surface area (TPSA) is 67.6 Å². The number of nitrogens with two attached hydrogens (primary N) is 1. The Balaban J connectivity index is 1.82. The number of hydrogen-bond acceptors (Lipinski definition) is 4. The zero-order valence-electron chi connectivity index (χ0n) is 11.3. The van der Waals surface area contributed by atoms with Crippen molar-refractivity contribution < 1.29 is 9.53 Å². The Morgan fingerprint density at radius 1 is 1.42 bits per heavy atom. The van der Waals surface area contributed by atoms with Crippen LogP contribution in [0, 0.1) is 6.92 Å². The molecule has 3 N–H and O–H groups in total. The van der Waals surface area contributed by atoms with Crippen molar-refractivity contribution in [2.24, 2.45) is 0 Å². The van der Waals surface area contributed by atoms with Gasteiger partial charge in [-0.15, -0.1) is 0 Å². The molecule has 0 atom stereocenters. The highest BCUT2D eigenvalue weighted by Gasteiger charge is 2.12. The molecule has 0 aromatic heterocycles. The van der Waals surface area contributed by atoms with Crippen molar-refractivity contribution >= 4 is 17.3 Å². The molecular weight excluding hydrogens is 242 g/mol. The highest BCUT2D eigenvalue weighted by Crippen LogP contribution is 2.20. The average molecular weight is 263 g/mol. The summed E-state index contributed by atoms with van der Waals surface area (Å²) in [7, 11) is 0. The van der Waals surface area contributed by atoms with E-state index in [1.807, 2.05) is 25.1 Å². The molecule has 104 valence electrons. The lowest BCUT2D eigenvalue weighted by molar-refractivity contribution is -0.116. The van der Waals surface area contributed by atoms with Gasteiger partial charge in [0, 0.05) is 37.4 Å². The van der Waals surface area contributed by atoms with Gasteiger partial charge in [0.25, 0.3) is 0 Å². The van der Waals surface area contributed by atoms with Crippen LogP contribution < -0.4 is 11.1 Å². The molecule has 1 fully saturated rings. The number of morpholine rings is 1. The predicted molar refractivity (Wildman–Crippen MR) is 76.1 cm³/mol. The Labute approximate surface area is 113 Å². The molecule has 0 radical (unpaired) electrons. The fourth-order valence-electron chi connectivity index (χ4n) is 2.09. The first-order chi connectivity index (χ1) is 9.16. The molecular formula is C14H21N3O2. The molecule has 19 heavy (non-hydrogen) atoms. The van der Waals surface area contributed by atoms with Gasteiger partial charge < -0.3 is 15.8 Å². The Hall–Kier alpha value is -1.59. The molecule has 1 aliphatic rings. The van der Waals surface area contributed by atoms with Gasteiger partial charge in [-0.1, -0.05) is 6.07 Å². The van der Waals surface area contributed by atoms with Gasteiger partial charge in [-0.3, -0.25) is 9.69 Å². The number of anilines is 2. The van der Waals surface area contributed by atoms with Crippen molar-refractivity contribution in [3.63, 3.8) is 0 Å². The van der Waals surface area contributed by atoms with Gasteiger partial charge >= 0.3 is 0 Å². The van der Waals surface area contributed by atoms with E-state index >= 15 is 0 Å². The van der Waals surface area contributed by atoms with E-state index in [4.69, 9.17) is 10.5 Å². The SMILES string of the molecule is Cc1c(N)cccc1NC(=O)CCN1CCOCC1. The number of hydrogen-bond donors (Lipinski definition) is 2. The van der Waals surface area contributed by atoms with Gasteiger partial charge in [0.15, 0.2) is 0 Å². The van der Waals surface area contributed by atoms with E-state index in [1.165, 1.54) is 0 Å². The summed E-state index contributed by atoms with van der Waals surface area (Å²) in [4.78, 5) is 14.2. The number of benzene rings is 1. The second kappa shape index (κ2) is 6.54. The largest absolute Gasteiger partial charge is 0.398 e. The molecule has 5 nitrogen and oxygen atoms in total. The Morgan fingerprint density at radius 2 is 2.16 bits per heavy atom. The standard InChI is InChI=1S/C14H21N3O2/c1-11-12(15)3-2-4-13(11)16-14(18)5-6-17-7-9-19-10-8-17/h2-4H,5-10,15H2,1H3,(H,16,18). The van der Waals surface area contributed by atoms with Crippen LogP contribution in [0.4, 0.5) is 11.4 Å². The van der Waals surface area contributed by atoms with Crippen molar-refractivity contribution in [2.75, 3.05) is 43.9 Å². The summed E-state index contributed by atoms with van der Waals surface area (Å²) in [5.74, 6) is 0.0280. The minimum absolute atomic E-state index is 0.0280. The maximum atomic E-state index is 11.9. The van der Waals surface area contributed by atoms with Crippen LogP contribution in [0.5, 0.6) is 0 Å². The number of carbonyl (C=O) groups excluding carboxylic acids is 1. The smallest absolute Gasteiger partial charge is 0.225 e. The third-order valence-corrected chi connectivity index (χ3v) is 3.41. The summed E-state index contributed by atoms with van der Waals surface area (Å²) in [5, 5.41) is 2.91. The Kier molecular flexibility index (Phi) is 4.76. The van der Waals surface area contributed by atoms with Crippen LogP contribution in [-0.4, -0.2) is 43.7 Å². The van der Waals surface area contributed by atoms with Crippen LogP contribution in [0.25, 0.3) is 0 Å². The van der Waals surface area contributed by atoms with Gasteiger partial charge in [-0.25, -0.2) is 0 Å². The first kappa shape index (κ1) is 13.8. The zero-order chi connectivity index (χ0) is 13.7. The van der Waals surface area contributed by atoms with E-state index in [2.05, 4.69) is 10.2 Å². The lowest BCUT2D eigenvalue weighted by Crippen LogP contribution is -2.38. The van der Waals surface area contributed by atoms with E-state index in [1.54, 1.807) is 0 Å². The third-order valence-electron chi connectivity index (χ3n) is 3.41. The molecule has 1 amide bonds. The van der Waals surface area contributed by atoms with Gasteiger partial charge in [-0.2, -0.15) is 0 Å². The molecule has 0 bridgehead atoms. The number of amides is 1. The van der Waals surface area contributed by atoms with E-state index < -0.39 is 0 Å². The van der Waals surface area contributed by atoms with Crippen LogP contribution in [0.2, 0.25) is 0 Å². The number of ether oxygens (including phenoxy) is 1. The van der Waals surface area contributed by atoms with Gasteiger partial charge in [0.05, 0.1) is 13.2 Å². The number of rotatable bonds is 4. The van der Waals surface area contributed by atoms with Crippen molar-refractivity contribution in [1.29, 1.82) is 0 Å². The summed E-state index contributed by atoms with van der Waals surface area (Å²) in [6.07, 6.45) is 0.494. The van der Waals surface area contributed by atoms with Crippen molar-refractivity contribution in [3.8, 4) is 0 Å². The monoisotopic (exact) mass is 263 g/mol. The summed E-state index contributed by atoms with van der Waals surface area (Å²) in [6.45, 7) is 6.02. The second-order valence-electron chi connectivity index (χ2n) is 4.77. The number of nitrogens with zero attached hydrogens (tertiary/aromatic N) is 1. The Bertz CT molecular complexity index is 442. The summed E-state index contributed by atoms with van der Waals surface area (Å²) < 4.78 is 5.27. The molecule has 1 aliphatic heterocycles. The lowest BCUT2D eigenvalue weighted by atomic mass is 10.1. The Morgan fingerprint density at radius 3 is 2.89 bits per heavy atom. The van der Waals surface area contributed by atoms with Crippen molar-refractivity contribution in [3.05, 3.63) is 23.8 Å². The first-order valence-corrected chi connectivity index (χ1v) is 6.62. The highest BCUT2D eigenvalue weighted by atomic mass is 16.5. The van der Waals surface area contributed by atoms with Crippen molar-refractivity contribution in [2.45, 2.75) is 13.3 Å². The number of nitrogen functional groups attached to an aromatic ring is 1. The summed E-state index contributed by atoms with van der Waals surface area (Å²) >= 11 is 0. The molecule has 1 heterocycles. The number of nitrogens with one attached hydrogen (secondary N) is 1. The summed E-state index contributed by atoms with van der Waals surface area (Å²) in [6, 6.07) is 5.55. The molecule has 5 heteroatoms. The van der Waals surface area contributed by atoms with Crippen LogP contribution in [0.15, 0.2) is 18.2 Å². The fourth-order valence-corrected chi connectivity index (χ4v) is 2.09. The number of carbonyl (C=O) groups is 1. The van der Waals surface area contributed by atoms with Gasteiger partial charge in [0.2, 0.25) is 5.91 Å². The molecule has 0 saturated carbocycles. The minimum Gasteiger partial charge on any atom is -0.398 e. The zero-order valence-corrected chi connectivity index (χ0v) is 11.3. The van der Waals surface area contributed by atoms with Gasteiger partial charge in [-0.05, 0) is 24.6 Å². The lowest BCUT2D eigenvalue weighted by Gasteiger charge is -2.26. The van der Waals surface area contributed by atoms with Crippen LogP contribution in [-0.2, 0) is 9.53 Å². The van der Waals surface area contributed by atoms with E-state index in [-0.39, 0.29) is 5.91 Å². The second-order valence-corrected chi connectivity index (χ2v) is 4.77. The van der Waals surface area contributed by atoms with Crippen molar-refractivity contribution in [1.82, 2.24) is 4.90 Å². The normalized spacial score (nSPS) is 16.3. The molecule has 1 aromatic carbocycles. The van der Waals surface area contributed by atoms with Crippen LogP contribution in [0.3, 0.4) is 0 Å². The predicted octanol–water partition coefficient (Wildman–Crippen LogP) is 1.24. The molecule has 2 rings (SSSR count). The van der Waals surface area contributed by atoms with Gasteiger partial charge in [0.1, 0.15) is 0 Å². The minimum atomic E-state index is 0.0280. The molecule has 1 aromatic rings. The quantitative estimate of drug-likeness (QED) is 0.802. The highest BCUT2D eigenvalue weighted by molar-refractivity contribution is 5.92. The van der Waals surface area contributed by atoms with Crippen LogP contribution in [0.1, 0.15) is 12.0 Å². The van der Waals surface area contributed by atoms with Crippen LogP contribution >= 0.6 is 0 Å². The van der Waals surface area contributed by atoms with E-state index in [0.717, 1.165) is 44.1 Å². The van der Waals surface area contributed by atoms with E-state index in [9.17, 15) is 4.79 Å². The first-order valence-electron chi connectivity index (χ1n) is 6.62. The fraction of sp³-hybridized carbons (Fsp3) is 0.500. The molecule has 0 aliphatic carbocycles. The van der Waals surface area contributed by atoms with E-state index in [0.29, 0.717) is 12.1 Å². The summed E-state index contributed by atoms with van der Waals surface area (Å²) in [5.41, 5.74) is 8.23. The molecule has 0 spiro atoms. The molecule has 1 saturated heterocycles. The molecule has 0 unspecified atom stereocenters. The maximum absolute atomic E-state index is 11.9. The third kappa shape index (κ3) is 3.94.